The van der Waals surface area contributed by atoms with Gasteiger partial charge in [-0.2, -0.15) is 0 Å². The first-order valence-corrected chi connectivity index (χ1v) is 11.0. The number of carboxylic acid groups (broad SMARTS) is 2. The molecule has 2 aromatic heterocycles. The Morgan fingerprint density at radius 3 is 2.29 bits per heavy atom. The summed E-state index contributed by atoms with van der Waals surface area (Å²) in [5.41, 5.74) is 2.02. The molecule has 10 nitrogen and oxygen atoms in total. The number of carboxylic acids is 2. The van der Waals surface area contributed by atoms with Gasteiger partial charge in [0.05, 0.1) is 25.5 Å². The zero-order valence-corrected chi connectivity index (χ0v) is 19.3. The number of hydrogen-bond acceptors (Lipinski definition) is 8. The molecule has 1 aromatic carbocycles. The summed E-state index contributed by atoms with van der Waals surface area (Å²) in [5, 5.41) is 23.1. The van der Waals surface area contributed by atoms with Gasteiger partial charge in [0.1, 0.15) is 16.3 Å². The van der Waals surface area contributed by atoms with Crippen molar-refractivity contribution >= 4 is 40.2 Å². The van der Waals surface area contributed by atoms with Crippen molar-refractivity contribution in [3.63, 3.8) is 0 Å². The molecule has 0 aliphatic heterocycles. The monoisotopic (exact) mass is 488 g/mol. The predicted molar refractivity (Wildman–Crippen MR) is 125 cm³/mol. The number of furan rings is 1. The van der Waals surface area contributed by atoms with Gasteiger partial charge >= 0.3 is 17.9 Å². The second kappa shape index (κ2) is 12.9. The molecule has 0 saturated carbocycles. The Balaban J connectivity index is 0.000000604. The molecule has 1 amide bonds. The SMILES string of the molecule is CCOC(=O)c1c(-c2ccccc2)csc1NC(=O)C(C)NCc1ccco1.O=C(O)C(=O)O. The van der Waals surface area contributed by atoms with Gasteiger partial charge in [-0.15, -0.1) is 11.3 Å². The number of esters is 1. The standard InChI is InChI=1S/C21H22N2O4S.C2H2O4/c1-3-26-21(25)18-17(15-8-5-4-6-9-15)13-28-20(18)23-19(24)14(2)22-12-16-10-7-11-27-16;3-1(4)2(5)6/h4-11,13-14,22H,3,12H2,1-2H3,(H,23,24);(H,3,4)(H,5,6). The Morgan fingerprint density at radius 2 is 1.74 bits per heavy atom. The number of anilines is 1. The van der Waals surface area contributed by atoms with Gasteiger partial charge in [-0.1, -0.05) is 30.3 Å². The number of amides is 1. The van der Waals surface area contributed by atoms with Crippen LogP contribution < -0.4 is 10.6 Å². The zero-order chi connectivity index (χ0) is 25.1. The molecule has 11 heteroatoms. The number of rotatable bonds is 8. The molecule has 1 atom stereocenters. The highest BCUT2D eigenvalue weighted by molar-refractivity contribution is 7.15. The summed E-state index contributed by atoms with van der Waals surface area (Å²) in [6.45, 7) is 4.21. The minimum atomic E-state index is -1.82. The van der Waals surface area contributed by atoms with Gasteiger partial charge in [0.15, 0.2) is 0 Å². The van der Waals surface area contributed by atoms with Crippen LogP contribution in [-0.2, 0) is 25.7 Å². The molecule has 0 aliphatic carbocycles. The van der Waals surface area contributed by atoms with Gasteiger partial charge in [0, 0.05) is 10.9 Å². The van der Waals surface area contributed by atoms with Crippen LogP contribution in [0.1, 0.15) is 30.0 Å². The molecule has 0 spiro atoms. The molecular formula is C23H24N2O8S. The lowest BCUT2D eigenvalue weighted by atomic mass is 10.0. The molecule has 4 N–H and O–H groups in total. The summed E-state index contributed by atoms with van der Waals surface area (Å²) in [5.74, 6) is -3.59. The van der Waals surface area contributed by atoms with E-state index in [9.17, 15) is 9.59 Å². The van der Waals surface area contributed by atoms with Crippen LogP contribution >= 0.6 is 11.3 Å². The fourth-order valence-corrected chi connectivity index (χ4v) is 3.63. The van der Waals surface area contributed by atoms with Crippen LogP contribution in [-0.4, -0.2) is 46.7 Å². The highest BCUT2D eigenvalue weighted by atomic mass is 32.1. The Morgan fingerprint density at radius 1 is 1.06 bits per heavy atom. The minimum absolute atomic E-state index is 0.237. The summed E-state index contributed by atoms with van der Waals surface area (Å²) >= 11 is 1.31. The molecule has 0 fully saturated rings. The Hall–Kier alpha value is -3.96. The van der Waals surface area contributed by atoms with Crippen LogP contribution in [0.2, 0.25) is 0 Å². The van der Waals surface area contributed by atoms with Crippen molar-refractivity contribution in [1.82, 2.24) is 5.32 Å². The van der Waals surface area contributed by atoms with Crippen LogP contribution in [0.25, 0.3) is 11.1 Å². The molecular weight excluding hydrogens is 464 g/mol. The largest absolute Gasteiger partial charge is 0.473 e. The lowest BCUT2D eigenvalue weighted by molar-refractivity contribution is -0.159. The number of hydrogen-bond donors (Lipinski definition) is 4. The third kappa shape index (κ3) is 7.57. The van der Waals surface area contributed by atoms with E-state index >= 15 is 0 Å². The molecule has 1 unspecified atom stereocenters. The van der Waals surface area contributed by atoms with Gasteiger partial charge in [-0.3, -0.25) is 10.1 Å². The van der Waals surface area contributed by atoms with Crippen LogP contribution in [0.4, 0.5) is 5.00 Å². The van der Waals surface area contributed by atoms with Crippen molar-refractivity contribution < 1.29 is 38.5 Å². The number of carbonyl (C=O) groups is 4. The number of nitrogens with one attached hydrogen (secondary N) is 2. The van der Waals surface area contributed by atoms with Crippen LogP contribution in [0.5, 0.6) is 0 Å². The number of ether oxygens (including phenoxy) is 1. The first-order chi connectivity index (χ1) is 16.2. The van der Waals surface area contributed by atoms with Crippen molar-refractivity contribution in [2.75, 3.05) is 11.9 Å². The Labute approximate surface area is 199 Å². The number of thiophene rings is 1. The van der Waals surface area contributed by atoms with Gasteiger partial charge < -0.3 is 24.7 Å². The highest BCUT2D eigenvalue weighted by Crippen LogP contribution is 2.36. The lowest BCUT2D eigenvalue weighted by Crippen LogP contribution is -2.37. The molecule has 3 rings (SSSR count). The van der Waals surface area contributed by atoms with Gasteiger partial charge in [-0.05, 0) is 31.5 Å². The van der Waals surface area contributed by atoms with E-state index in [2.05, 4.69) is 10.6 Å². The smallest absolute Gasteiger partial charge is 0.414 e. The molecule has 34 heavy (non-hydrogen) atoms. The maximum absolute atomic E-state index is 12.6. The fraction of sp³-hybridized carbons (Fsp3) is 0.217. The van der Waals surface area contributed by atoms with Crippen molar-refractivity contribution in [1.29, 1.82) is 0 Å². The van der Waals surface area contributed by atoms with Gasteiger partial charge in [0.25, 0.3) is 0 Å². The molecule has 0 saturated heterocycles. The molecule has 180 valence electrons. The van der Waals surface area contributed by atoms with Gasteiger partial charge in [0.2, 0.25) is 5.91 Å². The Bertz CT molecular complexity index is 1100. The quantitative estimate of drug-likeness (QED) is 0.275. The third-order valence-electron chi connectivity index (χ3n) is 4.33. The molecule has 2 heterocycles. The second-order valence-corrected chi connectivity index (χ2v) is 7.60. The van der Waals surface area contributed by atoms with E-state index in [0.29, 0.717) is 17.1 Å². The number of carbonyl (C=O) groups excluding carboxylic acids is 2. The van der Waals surface area contributed by atoms with E-state index in [0.717, 1.165) is 16.9 Å². The summed E-state index contributed by atoms with van der Waals surface area (Å²) in [6, 6.07) is 12.7. The second-order valence-electron chi connectivity index (χ2n) is 6.72. The molecule has 0 aliphatic rings. The van der Waals surface area contributed by atoms with Crippen LogP contribution in [0.15, 0.2) is 58.5 Å². The Kier molecular flexibility index (Phi) is 9.99. The summed E-state index contributed by atoms with van der Waals surface area (Å²) in [4.78, 5) is 43.4. The normalized spacial score (nSPS) is 11.0. The van der Waals surface area contributed by atoms with Crippen LogP contribution in [0, 0.1) is 0 Å². The van der Waals surface area contributed by atoms with E-state index in [1.165, 1.54) is 11.3 Å². The van der Waals surface area contributed by atoms with Crippen LogP contribution in [0.3, 0.4) is 0 Å². The summed E-state index contributed by atoms with van der Waals surface area (Å²) in [6.07, 6.45) is 1.59. The first kappa shape index (κ1) is 26.3. The van der Waals surface area contributed by atoms with E-state index in [4.69, 9.17) is 29.0 Å². The maximum Gasteiger partial charge on any atom is 0.414 e. The van der Waals surface area contributed by atoms with Crippen molar-refractivity contribution in [3.05, 3.63) is 65.4 Å². The minimum Gasteiger partial charge on any atom is -0.473 e. The lowest BCUT2D eigenvalue weighted by Gasteiger charge is -2.14. The summed E-state index contributed by atoms with van der Waals surface area (Å²) < 4.78 is 10.5. The van der Waals surface area contributed by atoms with E-state index in [1.54, 1.807) is 26.2 Å². The van der Waals surface area contributed by atoms with E-state index < -0.39 is 23.9 Å². The zero-order valence-electron chi connectivity index (χ0n) is 18.4. The maximum atomic E-state index is 12.6. The summed E-state index contributed by atoms with van der Waals surface area (Å²) in [7, 11) is 0. The average molecular weight is 489 g/mol. The number of benzene rings is 1. The fourth-order valence-electron chi connectivity index (χ4n) is 2.67. The number of aliphatic carboxylic acids is 2. The molecule has 0 radical (unpaired) electrons. The highest BCUT2D eigenvalue weighted by Gasteiger charge is 2.24. The van der Waals surface area contributed by atoms with Crippen molar-refractivity contribution in [2.45, 2.75) is 26.4 Å². The third-order valence-corrected chi connectivity index (χ3v) is 5.23. The molecule has 3 aromatic rings. The first-order valence-electron chi connectivity index (χ1n) is 10.1. The van der Waals surface area contributed by atoms with E-state index in [-0.39, 0.29) is 12.5 Å². The average Bonchev–Trinajstić information content (AvgIpc) is 3.48. The topological polar surface area (TPSA) is 155 Å². The predicted octanol–water partition coefficient (Wildman–Crippen LogP) is 3.46. The van der Waals surface area contributed by atoms with Crippen molar-refractivity contribution in [2.24, 2.45) is 0 Å². The van der Waals surface area contributed by atoms with Crippen molar-refractivity contribution in [3.8, 4) is 11.1 Å². The van der Waals surface area contributed by atoms with Gasteiger partial charge in [-0.25, -0.2) is 14.4 Å². The van der Waals surface area contributed by atoms with E-state index in [1.807, 2.05) is 41.8 Å². The molecule has 0 bridgehead atoms.